The first-order valence-electron chi connectivity index (χ1n) is 11.5. The van der Waals surface area contributed by atoms with Gasteiger partial charge in [0.2, 0.25) is 0 Å². The Labute approximate surface area is 186 Å². The Hall–Kier alpha value is -1.74. The van der Waals surface area contributed by atoms with Crippen LogP contribution in [0.2, 0.25) is 0 Å². The molecule has 0 aliphatic carbocycles. The van der Waals surface area contributed by atoms with Gasteiger partial charge in [-0.2, -0.15) is 8.42 Å². The molecular weight excluding hydrogens is 422 g/mol. The Morgan fingerprint density at radius 2 is 1.48 bits per heavy atom. The molecule has 0 bridgehead atoms. The third-order valence-electron chi connectivity index (χ3n) is 5.26. The van der Waals surface area contributed by atoms with Crippen molar-refractivity contribution >= 4 is 27.9 Å². The molecule has 1 N–H and O–H groups in total. The van der Waals surface area contributed by atoms with E-state index in [1.807, 2.05) is 0 Å². The number of imide groups is 1. The van der Waals surface area contributed by atoms with Gasteiger partial charge in [0.15, 0.2) is 5.25 Å². The molecular formula is C22H37NO7S. The van der Waals surface area contributed by atoms with Gasteiger partial charge >= 0.3 is 5.97 Å². The lowest BCUT2D eigenvalue weighted by Gasteiger charge is -2.13. The first-order valence-corrected chi connectivity index (χ1v) is 13.0. The van der Waals surface area contributed by atoms with Gasteiger partial charge in [0.25, 0.3) is 21.9 Å². The topological polar surface area (TPSA) is 118 Å². The highest BCUT2D eigenvalue weighted by Gasteiger charge is 2.48. The predicted molar refractivity (Wildman–Crippen MR) is 117 cm³/mol. The maximum atomic E-state index is 11.8. The monoisotopic (exact) mass is 459 g/mol. The molecule has 0 aromatic rings. The van der Waals surface area contributed by atoms with Crippen LogP contribution in [0.15, 0.2) is 12.2 Å². The number of unbranched alkanes of at least 4 members (excludes halogenated alkanes) is 11. The van der Waals surface area contributed by atoms with E-state index >= 15 is 0 Å². The molecule has 1 unspecified atom stereocenters. The first kappa shape index (κ1) is 27.3. The fourth-order valence-corrected chi connectivity index (χ4v) is 4.10. The number of amides is 2. The Bertz CT molecular complexity index is 703. The molecule has 1 fully saturated rings. The maximum absolute atomic E-state index is 11.8. The molecule has 178 valence electrons. The van der Waals surface area contributed by atoms with E-state index in [1.54, 1.807) is 0 Å². The van der Waals surface area contributed by atoms with Crippen molar-refractivity contribution in [2.75, 3.05) is 0 Å². The summed E-state index contributed by atoms with van der Waals surface area (Å²) in [5, 5.41) is -1.74. The molecule has 31 heavy (non-hydrogen) atoms. The SMILES string of the molecule is CCCCCCCC/C=C\CCCCCCCC(=O)ON1C(=O)CC(S(=O)(=O)O)C1=O. The van der Waals surface area contributed by atoms with Crippen molar-refractivity contribution in [1.29, 1.82) is 0 Å². The summed E-state index contributed by atoms with van der Waals surface area (Å²) in [5.41, 5.74) is 0. The summed E-state index contributed by atoms with van der Waals surface area (Å²) in [4.78, 5) is 39.9. The minimum Gasteiger partial charge on any atom is -0.330 e. The standard InChI is InChI=1S/C22H37NO7S/c1-2-3-4-5-6-7-8-9-10-11-12-13-14-15-16-17-21(25)30-23-20(24)18-19(22(23)26)31(27,28)29/h9-10,19H,2-8,11-18H2,1H3,(H,27,28,29)/b10-9-. The zero-order valence-corrected chi connectivity index (χ0v) is 19.4. The van der Waals surface area contributed by atoms with Crippen LogP contribution >= 0.6 is 0 Å². The van der Waals surface area contributed by atoms with Crippen molar-refractivity contribution in [3.63, 3.8) is 0 Å². The van der Waals surface area contributed by atoms with E-state index in [0.717, 1.165) is 38.5 Å². The second kappa shape index (κ2) is 15.1. The Balaban J connectivity index is 2.02. The van der Waals surface area contributed by atoms with Crippen LogP contribution in [-0.2, 0) is 29.3 Å². The zero-order valence-electron chi connectivity index (χ0n) is 18.6. The van der Waals surface area contributed by atoms with Crippen LogP contribution in [-0.4, -0.2) is 41.1 Å². The van der Waals surface area contributed by atoms with Crippen LogP contribution in [0.3, 0.4) is 0 Å². The lowest BCUT2D eigenvalue weighted by Crippen LogP contribution is -2.36. The van der Waals surface area contributed by atoms with Crippen molar-refractivity contribution in [3.8, 4) is 0 Å². The molecule has 8 nitrogen and oxygen atoms in total. The van der Waals surface area contributed by atoms with Gasteiger partial charge in [-0.3, -0.25) is 14.1 Å². The quantitative estimate of drug-likeness (QED) is 0.147. The molecule has 0 saturated carbocycles. The third-order valence-corrected chi connectivity index (χ3v) is 6.34. The normalized spacial score (nSPS) is 17.1. The first-order chi connectivity index (χ1) is 14.8. The van der Waals surface area contributed by atoms with E-state index in [1.165, 1.54) is 38.5 Å². The lowest BCUT2D eigenvalue weighted by atomic mass is 10.1. The molecule has 1 rings (SSSR count). The maximum Gasteiger partial charge on any atom is 0.333 e. The molecule has 0 aromatic carbocycles. The fraction of sp³-hybridized carbons (Fsp3) is 0.773. The van der Waals surface area contributed by atoms with E-state index in [2.05, 4.69) is 19.1 Å². The smallest absolute Gasteiger partial charge is 0.330 e. The molecule has 9 heteroatoms. The van der Waals surface area contributed by atoms with E-state index < -0.39 is 39.6 Å². The van der Waals surface area contributed by atoms with Crippen LogP contribution in [0.1, 0.15) is 103 Å². The molecule has 1 aliphatic rings. The number of carbonyl (C=O) groups is 3. The highest BCUT2D eigenvalue weighted by atomic mass is 32.2. The predicted octanol–water partition coefficient (Wildman–Crippen LogP) is 4.50. The zero-order chi connectivity index (χ0) is 23.1. The fourth-order valence-electron chi connectivity index (χ4n) is 3.40. The summed E-state index contributed by atoms with van der Waals surface area (Å²) in [5.74, 6) is -2.95. The molecule has 1 saturated heterocycles. The Morgan fingerprint density at radius 1 is 0.968 bits per heavy atom. The Morgan fingerprint density at radius 3 is 2.00 bits per heavy atom. The number of nitrogens with zero attached hydrogens (tertiary/aromatic N) is 1. The summed E-state index contributed by atoms with van der Waals surface area (Å²) < 4.78 is 31.1. The second-order valence-corrected chi connectivity index (χ2v) is 9.63. The van der Waals surface area contributed by atoms with Gasteiger partial charge in [0.1, 0.15) is 0 Å². The molecule has 2 amide bonds. The average Bonchev–Trinajstić information content (AvgIpc) is 2.99. The van der Waals surface area contributed by atoms with E-state index in [0.29, 0.717) is 6.42 Å². The van der Waals surface area contributed by atoms with Gasteiger partial charge < -0.3 is 4.84 Å². The van der Waals surface area contributed by atoms with Crippen LogP contribution in [0.4, 0.5) is 0 Å². The van der Waals surface area contributed by atoms with Crippen molar-refractivity contribution in [3.05, 3.63) is 12.2 Å². The van der Waals surface area contributed by atoms with E-state index in [-0.39, 0.29) is 11.5 Å². The summed E-state index contributed by atoms with van der Waals surface area (Å²) in [6.07, 6.45) is 18.5. The largest absolute Gasteiger partial charge is 0.333 e. The molecule has 0 spiro atoms. The number of hydrogen-bond donors (Lipinski definition) is 1. The van der Waals surface area contributed by atoms with Crippen LogP contribution in [0.25, 0.3) is 0 Å². The number of hydrogen-bond acceptors (Lipinski definition) is 6. The minimum absolute atomic E-state index is 0.0335. The lowest BCUT2D eigenvalue weighted by molar-refractivity contribution is -0.197. The average molecular weight is 460 g/mol. The summed E-state index contributed by atoms with van der Waals surface area (Å²) in [7, 11) is -4.71. The van der Waals surface area contributed by atoms with Gasteiger partial charge in [-0.1, -0.05) is 70.4 Å². The number of carbonyl (C=O) groups excluding carboxylic acids is 3. The number of allylic oxidation sites excluding steroid dienone is 2. The van der Waals surface area contributed by atoms with E-state index in [9.17, 15) is 22.8 Å². The van der Waals surface area contributed by atoms with Crippen LogP contribution < -0.4 is 0 Å². The van der Waals surface area contributed by atoms with Gasteiger partial charge in [0, 0.05) is 6.42 Å². The van der Waals surface area contributed by atoms with Crippen LogP contribution in [0.5, 0.6) is 0 Å². The molecule has 1 aliphatic heterocycles. The second-order valence-electron chi connectivity index (χ2n) is 8.03. The summed E-state index contributed by atoms with van der Waals surface area (Å²) in [6.45, 7) is 2.23. The van der Waals surface area contributed by atoms with Crippen LogP contribution in [0, 0.1) is 0 Å². The van der Waals surface area contributed by atoms with Gasteiger partial charge in [-0.15, -0.1) is 5.06 Å². The number of rotatable bonds is 17. The van der Waals surface area contributed by atoms with Gasteiger partial charge in [-0.25, -0.2) is 4.79 Å². The molecule has 1 atom stereocenters. The molecule has 0 aromatic heterocycles. The Kier molecular flexibility index (Phi) is 13.3. The van der Waals surface area contributed by atoms with Crippen molar-refractivity contribution in [1.82, 2.24) is 5.06 Å². The van der Waals surface area contributed by atoms with Crippen molar-refractivity contribution < 1.29 is 32.2 Å². The van der Waals surface area contributed by atoms with Gasteiger partial charge in [0.05, 0.1) is 6.42 Å². The number of hydroxylamine groups is 2. The molecule has 0 radical (unpaired) electrons. The third kappa shape index (κ3) is 11.4. The highest BCUT2D eigenvalue weighted by molar-refractivity contribution is 7.87. The van der Waals surface area contributed by atoms with Crippen molar-refractivity contribution in [2.45, 2.75) is 108 Å². The summed E-state index contributed by atoms with van der Waals surface area (Å²) in [6, 6.07) is 0. The van der Waals surface area contributed by atoms with E-state index in [4.69, 9.17) is 9.39 Å². The summed E-state index contributed by atoms with van der Waals surface area (Å²) >= 11 is 0. The molecule has 1 heterocycles. The highest BCUT2D eigenvalue weighted by Crippen LogP contribution is 2.20. The van der Waals surface area contributed by atoms with Crippen molar-refractivity contribution in [2.24, 2.45) is 0 Å². The van der Waals surface area contributed by atoms with Gasteiger partial charge in [-0.05, 0) is 32.1 Å². The minimum atomic E-state index is -4.71.